The normalized spacial score (nSPS) is 16.7. The number of hydrogen-bond donors (Lipinski definition) is 1. The lowest BCUT2D eigenvalue weighted by Gasteiger charge is -2.26. The van der Waals surface area contributed by atoms with Crippen molar-refractivity contribution in [2.75, 3.05) is 26.7 Å². The number of halogens is 1. The van der Waals surface area contributed by atoms with Gasteiger partial charge < -0.3 is 10.1 Å². The summed E-state index contributed by atoms with van der Waals surface area (Å²) in [4.78, 5) is 14.5. The molecule has 21 heavy (non-hydrogen) atoms. The van der Waals surface area contributed by atoms with Gasteiger partial charge in [-0.3, -0.25) is 9.69 Å². The summed E-state index contributed by atoms with van der Waals surface area (Å²) >= 11 is 0. The van der Waals surface area contributed by atoms with Crippen LogP contribution in [0.15, 0.2) is 18.2 Å². The van der Waals surface area contributed by atoms with Gasteiger partial charge >= 0.3 is 0 Å². The number of nitrogens with zero attached hydrogens (tertiary/aromatic N) is 1. The molecule has 0 unspecified atom stereocenters. The summed E-state index contributed by atoms with van der Waals surface area (Å²) in [5.74, 6) is -0.610. The molecule has 1 atom stereocenters. The number of benzene rings is 1. The molecule has 0 spiro atoms. The lowest BCUT2D eigenvalue weighted by molar-refractivity contribution is 0.0936. The molecule has 0 radical (unpaired) electrons. The minimum Gasteiger partial charge on any atom is -0.494 e. The Hall–Kier alpha value is -1.62. The van der Waals surface area contributed by atoms with Gasteiger partial charge in [-0.1, -0.05) is 6.92 Å². The van der Waals surface area contributed by atoms with E-state index in [9.17, 15) is 9.18 Å². The number of nitrogens with one attached hydrogen (secondary N) is 1. The number of ether oxygens (including phenoxy) is 1. The van der Waals surface area contributed by atoms with Gasteiger partial charge in [-0.25, -0.2) is 4.39 Å². The molecule has 1 aromatic rings. The van der Waals surface area contributed by atoms with E-state index in [-0.39, 0.29) is 11.7 Å². The van der Waals surface area contributed by atoms with Crippen molar-refractivity contribution in [2.24, 2.45) is 0 Å². The van der Waals surface area contributed by atoms with Crippen molar-refractivity contribution in [1.82, 2.24) is 10.2 Å². The van der Waals surface area contributed by atoms with E-state index < -0.39 is 5.82 Å². The molecule has 1 aromatic carbocycles. The fraction of sp³-hybridized carbons (Fsp3) is 0.562. The van der Waals surface area contributed by atoms with Crippen molar-refractivity contribution < 1.29 is 13.9 Å². The molecule has 116 valence electrons. The summed E-state index contributed by atoms with van der Waals surface area (Å²) < 4.78 is 18.5. The Labute approximate surface area is 125 Å². The fourth-order valence-electron chi connectivity index (χ4n) is 2.76. The molecule has 1 fully saturated rings. The summed E-state index contributed by atoms with van der Waals surface area (Å²) in [7, 11) is 1.40. The zero-order chi connectivity index (χ0) is 15.2. The third-order valence-corrected chi connectivity index (χ3v) is 4.04. The molecule has 0 bridgehead atoms. The van der Waals surface area contributed by atoms with Crippen molar-refractivity contribution in [3.05, 3.63) is 29.6 Å². The predicted molar refractivity (Wildman–Crippen MR) is 80.2 cm³/mol. The zero-order valence-electron chi connectivity index (χ0n) is 12.7. The molecule has 1 N–H and O–H groups in total. The number of carbonyl (C=O) groups excluding carboxylic acids is 1. The first-order chi connectivity index (χ1) is 10.2. The van der Waals surface area contributed by atoms with Crippen LogP contribution in [0.1, 0.15) is 36.5 Å². The van der Waals surface area contributed by atoms with Gasteiger partial charge in [0.25, 0.3) is 5.91 Å². The van der Waals surface area contributed by atoms with Gasteiger partial charge in [-0.15, -0.1) is 0 Å². The van der Waals surface area contributed by atoms with Crippen LogP contribution < -0.4 is 10.1 Å². The van der Waals surface area contributed by atoms with E-state index in [1.807, 2.05) is 0 Å². The van der Waals surface area contributed by atoms with Crippen LogP contribution in [-0.2, 0) is 0 Å². The first kappa shape index (κ1) is 15.8. The van der Waals surface area contributed by atoms with Crippen molar-refractivity contribution in [3.63, 3.8) is 0 Å². The molecule has 0 aromatic heterocycles. The Morgan fingerprint density at radius 2 is 2.14 bits per heavy atom. The van der Waals surface area contributed by atoms with Crippen LogP contribution in [0.2, 0.25) is 0 Å². The highest BCUT2D eigenvalue weighted by atomic mass is 19.1. The molecule has 4 nitrogen and oxygen atoms in total. The van der Waals surface area contributed by atoms with Crippen LogP contribution in [0.4, 0.5) is 4.39 Å². The quantitative estimate of drug-likeness (QED) is 0.876. The van der Waals surface area contributed by atoms with Gasteiger partial charge in [0.1, 0.15) is 0 Å². The van der Waals surface area contributed by atoms with Crippen LogP contribution in [0, 0.1) is 5.82 Å². The van der Waals surface area contributed by atoms with Crippen LogP contribution in [0.5, 0.6) is 5.75 Å². The Kier molecular flexibility index (Phi) is 5.56. The van der Waals surface area contributed by atoms with Gasteiger partial charge in [0.2, 0.25) is 0 Å². The van der Waals surface area contributed by atoms with E-state index in [4.69, 9.17) is 4.74 Å². The van der Waals surface area contributed by atoms with Crippen molar-refractivity contribution in [3.8, 4) is 5.75 Å². The predicted octanol–water partition coefficient (Wildman–Crippen LogP) is 2.44. The molecule has 2 rings (SSSR count). The summed E-state index contributed by atoms with van der Waals surface area (Å²) in [5.41, 5.74) is 0.324. The average Bonchev–Trinajstić information content (AvgIpc) is 3.01. The van der Waals surface area contributed by atoms with Gasteiger partial charge in [0, 0.05) is 18.2 Å². The van der Waals surface area contributed by atoms with Crippen molar-refractivity contribution in [1.29, 1.82) is 0 Å². The van der Waals surface area contributed by atoms with Gasteiger partial charge in [0.05, 0.1) is 7.11 Å². The van der Waals surface area contributed by atoms with E-state index in [1.165, 1.54) is 32.1 Å². The molecular formula is C16H23FN2O2. The standard InChI is InChI=1S/C16H23FN2O2/c1-3-13(19-8-4-5-9-19)11-18-16(20)12-6-7-15(21-2)14(17)10-12/h6-7,10,13H,3-5,8-9,11H2,1-2H3,(H,18,20)/t13-/m0/s1. The molecular weight excluding hydrogens is 271 g/mol. The minimum atomic E-state index is -0.517. The first-order valence-corrected chi connectivity index (χ1v) is 7.51. The monoisotopic (exact) mass is 294 g/mol. The Morgan fingerprint density at radius 3 is 2.71 bits per heavy atom. The Bertz CT molecular complexity index is 487. The second-order valence-electron chi connectivity index (χ2n) is 5.36. The largest absolute Gasteiger partial charge is 0.494 e. The summed E-state index contributed by atoms with van der Waals surface area (Å²) in [6, 6.07) is 4.63. The van der Waals surface area contributed by atoms with Crippen molar-refractivity contribution >= 4 is 5.91 Å². The van der Waals surface area contributed by atoms with Crippen LogP contribution in [0.3, 0.4) is 0 Å². The van der Waals surface area contributed by atoms with Crippen molar-refractivity contribution in [2.45, 2.75) is 32.2 Å². The third-order valence-electron chi connectivity index (χ3n) is 4.04. The van der Waals surface area contributed by atoms with E-state index in [0.29, 0.717) is 18.2 Å². The van der Waals surface area contributed by atoms with Crippen LogP contribution >= 0.6 is 0 Å². The second-order valence-corrected chi connectivity index (χ2v) is 5.36. The van der Waals surface area contributed by atoms with E-state index in [2.05, 4.69) is 17.1 Å². The maximum Gasteiger partial charge on any atom is 0.251 e. The smallest absolute Gasteiger partial charge is 0.251 e. The van der Waals surface area contributed by atoms with Crippen LogP contribution in [0.25, 0.3) is 0 Å². The zero-order valence-corrected chi connectivity index (χ0v) is 12.7. The number of methoxy groups -OCH3 is 1. The first-order valence-electron chi connectivity index (χ1n) is 7.51. The fourth-order valence-corrected chi connectivity index (χ4v) is 2.76. The number of rotatable bonds is 6. The van der Waals surface area contributed by atoms with Gasteiger partial charge in [0.15, 0.2) is 11.6 Å². The highest BCUT2D eigenvalue weighted by Crippen LogP contribution is 2.18. The molecule has 1 heterocycles. The maximum absolute atomic E-state index is 13.6. The molecule has 0 aliphatic carbocycles. The molecule has 1 amide bonds. The lowest BCUT2D eigenvalue weighted by Crippen LogP contribution is -2.42. The Balaban J connectivity index is 1.92. The summed E-state index contributed by atoms with van der Waals surface area (Å²) in [5, 5.41) is 2.90. The Morgan fingerprint density at radius 1 is 1.43 bits per heavy atom. The maximum atomic E-state index is 13.6. The van der Waals surface area contributed by atoms with E-state index in [0.717, 1.165) is 19.5 Å². The number of carbonyl (C=O) groups is 1. The number of hydrogen-bond acceptors (Lipinski definition) is 3. The van der Waals surface area contributed by atoms with Gasteiger partial charge in [-0.2, -0.15) is 0 Å². The van der Waals surface area contributed by atoms with E-state index >= 15 is 0 Å². The summed E-state index contributed by atoms with van der Waals surface area (Å²) in [6.45, 7) is 4.93. The SMILES string of the molecule is CC[C@@H](CNC(=O)c1ccc(OC)c(F)c1)N1CCCC1. The lowest BCUT2D eigenvalue weighted by atomic mass is 10.1. The second kappa shape index (κ2) is 7.41. The molecule has 1 saturated heterocycles. The number of likely N-dealkylation sites (tertiary alicyclic amines) is 1. The van der Waals surface area contributed by atoms with E-state index in [1.54, 1.807) is 6.07 Å². The third kappa shape index (κ3) is 3.94. The highest BCUT2D eigenvalue weighted by Gasteiger charge is 2.21. The average molecular weight is 294 g/mol. The van der Waals surface area contributed by atoms with Crippen LogP contribution in [-0.4, -0.2) is 43.6 Å². The molecule has 0 saturated carbocycles. The van der Waals surface area contributed by atoms with Gasteiger partial charge in [-0.05, 0) is 50.6 Å². The molecule has 5 heteroatoms. The molecule has 1 aliphatic rings. The molecule has 1 aliphatic heterocycles. The summed E-state index contributed by atoms with van der Waals surface area (Å²) in [6.07, 6.45) is 3.46. The minimum absolute atomic E-state index is 0.148. The highest BCUT2D eigenvalue weighted by molar-refractivity contribution is 5.94. The topological polar surface area (TPSA) is 41.6 Å². The number of amides is 1.